The summed E-state index contributed by atoms with van der Waals surface area (Å²) in [6, 6.07) is 12.2. The minimum absolute atomic E-state index is 0.122. The van der Waals surface area contributed by atoms with Crippen LogP contribution in [0.5, 0.6) is 0 Å². The number of likely N-dealkylation sites (tertiary alicyclic amines) is 1. The van der Waals surface area contributed by atoms with Crippen molar-refractivity contribution in [2.24, 2.45) is 17.8 Å². The topological polar surface area (TPSA) is 90.4 Å². The van der Waals surface area contributed by atoms with Crippen molar-refractivity contribution >= 4 is 34.2 Å². The zero-order valence-corrected chi connectivity index (χ0v) is 22.8. The summed E-state index contributed by atoms with van der Waals surface area (Å²) in [6.07, 6.45) is 7.49. The highest BCUT2D eigenvalue weighted by molar-refractivity contribution is 6.06. The molecular weight excluding hydrogens is 494 g/mol. The molecule has 1 N–H and O–H groups in total. The Kier molecular flexibility index (Phi) is 5.97. The standard InChI is InChI=1S/C31H35N3O5/c1-19(2)23(18-35)34-26-29(38)33(22-12-11-20-9-5-6-10-21(20)17-22)16-8-14-31(26)25(28(34)37)24-27(36)32(4)15-7-13-30(24,3)39-31/h5-14,17,19,23-26,35H,15-16,18H2,1-4H3/t23-,24-,25-,26?,30+,31-/m0/s1. The number of benzene rings is 2. The number of carbonyl (C=O) groups is 3. The summed E-state index contributed by atoms with van der Waals surface area (Å²) in [5.74, 6) is -2.60. The number of ether oxygens (including phenoxy) is 1. The maximum absolute atomic E-state index is 14.6. The van der Waals surface area contributed by atoms with Gasteiger partial charge in [-0.15, -0.1) is 0 Å². The van der Waals surface area contributed by atoms with Crippen LogP contribution < -0.4 is 4.90 Å². The van der Waals surface area contributed by atoms with Gasteiger partial charge in [0.15, 0.2) is 0 Å². The number of carbonyl (C=O) groups excluding carboxylic acids is 3. The van der Waals surface area contributed by atoms with E-state index in [1.165, 1.54) is 4.90 Å². The van der Waals surface area contributed by atoms with Gasteiger partial charge in [0.2, 0.25) is 11.8 Å². The minimum atomic E-state index is -1.35. The second kappa shape index (κ2) is 9.03. The molecule has 2 aromatic rings. The average molecular weight is 530 g/mol. The van der Waals surface area contributed by atoms with Crippen molar-refractivity contribution in [3.05, 3.63) is 66.8 Å². The second-order valence-electron chi connectivity index (χ2n) is 11.7. The van der Waals surface area contributed by atoms with Gasteiger partial charge in [0.05, 0.1) is 30.1 Å². The summed E-state index contributed by atoms with van der Waals surface area (Å²) in [6.45, 7) is 6.10. The van der Waals surface area contributed by atoms with Crippen molar-refractivity contribution < 1.29 is 24.2 Å². The highest BCUT2D eigenvalue weighted by Gasteiger charge is 2.75. The van der Waals surface area contributed by atoms with Gasteiger partial charge >= 0.3 is 0 Å². The van der Waals surface area contributed by atoms with Gasteiger partial charge in [-0.1, -0.05) is 68.5 Å². The molecule has 39 heavy (non-hydrogen) atoms. The van der Waals surface area contributed by atoms with Crippen LogP contribution in [-0.2, 0) is 19.1 Å². The van der Waals surface area contributed by atoms with Crippen molar-refractivity contribution in [2.45, 2.75) is 44.1 Å². The molecule has 6 atom stereocenters. The Morgan fingerprint density at radius 3 is 2.38 bits per heavy atom. The molecule has 2 aromatic carbocycles. The van der Waals surface area contributed by atoms with E-state index in [1.807, 2.05) is 87.5 Å². The number of hydrogen-bond donors (Lipinski definition) is 1. The van der Waals surface area contributed by atoms with Crippen molar-refractivity contribution in [3.8, 4) is 0 Å². The SMILES string of the molecule is CC(C)[C@H](CO)N1C(=O)[C@@H]2[C@H]3C(=O)N(C)CC=C[C@@]3(C)O[C@@]23C=CCN(c2ccc4ccccc4c2)C(=O)C13. The van der Waals surface area contributed by atoms with Crippen molar-refractivity contribution in [1.82, 2.24) is 9.80 Å². The van der Waals surface area contributed by atoms with E-state index in [-0.39, 0.29) is 30.2 Å². The molecule has 2 fully saturated rings. The summed E-state index contributed by atoms with van der Waals surface area (Å²) in [5, 5.41) is 12.5. The molecular formula is C31H35N3O5. The van der Waals surface area contributed by atoms with Crippen LogP contribution in [-0.4, -0.2) is 82.7 Å². The number of amides is 3. The fourth-order valence-electron chi connectivity index (χ4n) is 7.14. The van der Waals surface area contributed by atoms with Crippen LogP contribution in [0.25, 0.3) is 10.8 Å². The van der Waals surface area contributed by atoms with Crippen molar-refractivity contribution in [3.63, 3.8) is 0 Å². The number of rotatable bonds is 4. The van der Waals surface area contributed by atoms with Crippen LogP contribution >= 0.6 is 0 Å². The number of hydrogen-bond acceptors (Lipinski definition) is 5. The van der Waals surface area contributed by atoms with Gasteiger partial charge in [0, 0.05) is 25.8 Å². The maximum atomic E-state index is 14.6. The minimum Gasteiger partial charge on any atom is -0.394 e. The largest absolute Gasteiger partial charge is 0.394 e. The Balaban J connectivity index is 1.52. The monoisotopic (exact) mass is 529 g/mol. The van der Waals surface area contributed by atoms with Crippen LogP contribution in [0.4, 0.5) is 5.69 Å². The molecule has 3 amide bonds. The van der Waals surface area contributed by atoms with Crippen LogP contribution in [0.1, 0.15) is 20.8 Å². The molecule has 0 aliphatic carbocycles. The Morgan fingerprint density at radius 1 is 0.949 bits per heavy atom. The van der Waals surface area contributed by atoms with Crippen LogP contribution in [0.15, 0.2) is 66.8 Å². The van der Waals surface area contributed by atoms with Crippen LogP contribution in [0, 0.1) is 17.8 Å². The molecule has 4 aliphatic heterocycles. The highest BCUT2D eigenvalue weighted by Crippen LogP contribution is 2.58. The summed E-state index contributed by atoms with van der Waals surface area (Å²) in [5.41, 5.74) is -1.68. The van der Waals surface area contributed by atoms with Gasteiger partial charge in [0.25, 0.3) is 5.91 Å². The number of anilines is 1. The number of fused-ring (bicyclic) bond motifs is 3. The highest BCUT2D eigenvalue weighted by atomic mass is 16.5. The third kappa shape index (κ3) is 3.61. The van der Waals surface area contributed by atoms with E-state index in [9.17, 15) is 19.5 Å². The summed E-state index contributed by atoms with van der Waals surface area (Å²) >= 11 is 0. The first-order valence-electron chi connectivity index (χ1n) is 13.7. The van der Waals surface area contributed by atoms with Gasteiger partial charge in [-0.2, -0.15) is 0 Å². The van der Waals surface area contributed by atoms with Crippen molar-refractivity contribution in [2.75, 3.05) is 31.6 Å². The third-order valence-electron chi connectivity index (χ3n) is 9.05. The maximum Gasteiger partial charge on any atom is 0.253 e. The Bertz CT molecular complexity index is 1420. The molecule has 0 aromatic heterocycles. The molecule has 4 heterocycles. The fraction of sp³-hybridized carbons (Fsp3) is 0.452. The third-order valence-corrected chi connectivity index (χ3v) is 9.05. The second-order valence-corrected chi connectivity index (χ2v) is 11.7. The lowest BCUT2D eigenvalue weighted by Gasteiger charge is -2.41. The van der Waals surface area contributed by atoms with E-state index in [4.69, 9.17) is 4.74 Å². The number of aliphatic hydroxyl groups is 1. The Hall–Kier alpha value is -3.49. The molecule has 8 nitrogen and oxygen atoms in total. The van der Waals surface area contributed by atoms with E-state index in [0.29, 0.717) is 13.1 Å². The predicted molar refractivity (Wildman–Crippen MR) is 148 cm³/mol. The smallest absolute Gasteiger partial charge is 0.253 e. The molecule has 2 saturated heterocycles. The van der Waals surface area contributed by atoms with E-state index in [2.05, 4.69) is 0 Å². The molecule has 6 rings (SSSR count). The quantitative estimate of drug-likeness (QED) is 0.616. The van der Waals surface area contributed by atoms with E-state index in [1.54, 1.807) is 16.8 Å². The molecule has 204 valence electrons. The number of likely N-dealkylation sites (N-methyl/N-ethyl adjacent to an activating group) is 1. The fourth-order valence-corrected chi connectivity index (χ4v) is 7.14. The van der Waals surface area contributed by atoms with E-state index in [0.717, 1.165) is 16.5 Å². The number of aliphatic hydroxyl groups excluding tert-OH is 1. The van der Waals surface area contributed by atoms with Crippen molar-refractivity contribution in [1.29, 1.82) is 0 Å². The first-order valence-corrected chi connectivity index (χ1v) is 13.7. The lowest BCUT2D eigenvalue weighted by molar-refractivity contribution is -0.151. The lowest BCUT2D eigenvalue weighted by atomic mass is 9.74. The molecule has 0 saturated carbocycles. The summed E-state index contributed by atoms with van der Waals surface area (Å²) < 4.78 is 6.83. The molecule has 0 radical (unpaired) electrons. The molecule has 8 heteroatoms. The van der Waals surface area contributed by atoms with Gasteiger partial charge in [-0.3, -0.25) is 14.4 Å². The lowest BCUT2D eigenvalue weighted by Crippen LogP contribution is -2.59. The van der Waals surface area contributed by atoms with Gasteiger partial charge in [-0.25, -0.2) is 0 Å². The van der Waals surface area contributed by atoms with Gasteiger partial charge in [-0.05, 0) is 35.7 Å². The molecule has 4 aliphatic rings. The summed E-state index contributed by atoms with van der Waals surface area (Å²) in [4.78, 5) is 47.6. The van der Waals surface area contributed by atoms with Crippen LogP contribution in [0.2, 0.25) is 0 Å². The van der Waals surface area contributed by atoms with E-state index >= 15 is 0 Å². The van der Waals surface area contributed by atoms with Gasteiger partial charge < -0.3 is 24.5 Å². The molecule has 0 bridgehead atoms. The zero-order chi connectivity index (χ0) is 27.7. The van der Waals surface area contributed by atoms with E-state index < -0.39 is 35.1 Å². The number of nitrogens with zero attached hydrogens (tertiary/aromatic N) is 3. The Labute approximate surface area is 228 Å². The zero-order valence-electron chi connectivity index (χ0n) is 22.8. The Morgan fingerprint density at radius 2 is 1.67 bits per heavy atom. The van der Waals surface area contributed by atoms with Gasteiger partial charge in [0.1, 0.15) is 11.6 Å². The molecule has 1 spiro atoms. The average Bonchev–Trinajstić information content (AvgIpc) is 3.18. The molecule has 1 unspecified atom stereocenters. The normalized spacial score (nSPS) is 32.9. The first-order chi connectivity index (χ1) is 18.6. The first kappa shape index (κ1) is 25.8. The van der Waals surface area contributed by atoms with Crippen LogP contribution in [0.3, 0.4) is 0 Å². The predicted octanol–water partition coefficient (Wildman–Crippen LogP) is 2.76. The summed E-state index contributed by atoms with van der Waals surface area (Å²) in [7, 11) is 1.72.